The topological polar surface area (TPSA) is 74.2 Å². The second kappa shape index (κ2) is 8.32. The minimum atomic E-state index is -1.32. The van der Waals surface area contributed by atoms with E-state index in [1.54, 1.807) is 0 Å². The van der Waals surface area contributed by atoms with Crippen LogP contribution in [0.4, 0.5) is 4.79 Å². The molecular formula is C10H20O6. The van der Waals surface area contributed by atoms with Crippen molar-refractivity contribution in [1.82, 2.24) is 0 Å². The van der Waals surface area contributed by atoms with E-state index in [4.69, 9.17) is 19.3 Å². The summed E-state index contributed by atoms with van der Waals surface area (Å²) in [6.45, 7) is 6.63. The van der Waals surface area contributed by atoms with Crippen LogP contribution in [0, 0.1) is 0 Å². The van der Waals surface area contributed by atoms with Gasteiger partial charge in [-0.3, -0.25) is 0 Å². The van der Waals surface area contributed by atoms with E-state index in [9.17, 15) is 4.79 Å². The molecule has 0 spiro atoms. The van der Waals surface area contributed by atoms with Gasteiger partial charge in [0.05, 0.1) is 6.42 Å². The van der Waals surface area contributed by atoms with E-state index in [2.05, 4.69) is 4.74 Å². The van der Waals surface area contributed by atoms with Crippen LogP contribution in [-0.4, -0.2) is 43.7 Å². The van der Waals surface area contributed by atoms with Crippen LogP contribution >= 0.6 is 0 Å². The zero-order valence-electron chi connectivity index (χ0n) is 10.0. The fourth-order valence-electron chi connectivity index (χ4n) is 1.26. The maximum atomic E-state index is 10.2. The van der Waals surface area contributed by atoms with Crippen LogP contribution in [0.1, 0.15) is 27.2 Å². The first-order valence-electron chi connectivity index (χ1n) is 5.37. The van der Waals surface area contributed by atoms with Crippen molar-refractivity contribution in [2.24, 2.45) is 0 Å². The molecule has 0 bridgehead atoms. The highest BCUT2D eigenvalue weighted by Gasteiger charge is 2.32. The molecule has 96 valence electrons. The van der Waals surface area contributed by atoms with E-state index in [1.165, 1.54) is 0 Å². The van der Waals surface area contributed by atoms with Gasteiger partial charge in [0.15, 0.2) is 0 Å². The van der Waals surface area contributed by atoms with Gasteiger partial charge in [0, 0.05) is 19.8 Å². The predicted octanol–water partition coefficient (Wildman–Crippen LogP) is 1.83. The summed E-state index contributed by atoms with van der Waals surface area (Å²) in [6.07, 6.45) is -1.12. The summed E-state index contributed by atoms with van der Waals surface area (Å²) in [5.41, 5.74) is 0. The number of rotatable bonds is 9. The van der Waals surface area contributed by atoms with E-state index in [-0.39, 0.29) is 13.0 Å². The molecule has 0 atom stereocenters. The maximum Gasteiger partial charge on any atom is 0.505 e. The van der Waals surface area contributed by atoms with Gasteiger partial charge in [-0.15, -0.1) is 0 Å². The summed E-state index contributed by atoms with van der Waals surface area (Å²) in [4.78, 5) is 10.2. The monoisotopic (exact) mass is 236 g/mol. The molecule has 0 saturated carbocycles. The molecule has 0 aromatic rings. The summed E-state index contributed by atoms with van der Waals surface area (Å²) in [5, 5.41) is 8.36. The fourth-order valence-corrected chi connectivity index (χ4v) is 1.26. The van der Waals surface area contributed by atoms with Crippen molar-refractivity contribution in [3.8, 4) is 0 Å². The van der Waals surface area contributed by atoms with E-state index in [0.29, 0.717) is 19.8 Å². The van der Waals surface area contributed by atoms with Crippen molar-refractivity contribution in [1.29, 1.82) is 0 Å². The van der Waals surface area contributed by atoms with Crippen LogP contribution in [-0.2, 0) is 18.9 Å². The first-order chi connectivity index (χ1) is 7.60. The Balaban J connectivity index is 4.28. The van der Waals surface area contributed by atoms with Gasteiger partial charge in [0.1, 0.15) is 6.61 Å². The molecule has 0 aliphatic heterocycles. The molecule has 0 aliphatic carbocycles. The molecule has 0 heterocycles. The average molecular weight is 236 g/mol. The highest BCUT2D eigenvalue weighted by atomic mass is 16.9. The largest absolute Gasteiger partial charge is 0.505 e. The van der Waals surface area contributed by atoms with E-state index >= 15 is 0 Å². The molecule has 0 saturated heterocycles. The predicted molar refractivity (Wildman–Crippen MR) is 56.2 cm³/mol. The number of carbonyl (C=O) groups is 1. The minimum Gasteiger partial charge on any atom is -0.450 e. The van der Waals surface area contributed by atoms with Crippen LogP contribution in [0.25, 0.3) is 0 Å². The van der Waals surface area contributed by atoms with Crippen molar-refractivity contribution >= 4 is 6.16 Å². The van der Waals surface area contributed by atoms with Gasteiger partial charge in [-0.25, -0.2) is 4.79 Å². The normalized spacial score (nSPS) is 11.4. The Bertz CT molecular complexity index is 177. The van der Waals surface area contributed by atoms with Crippen LogP contribution in [0.15, 0.2) is 0 Å². The quantitative estimate of drug-likeness (QED) is 0.486. The molecule has 6 nitrogen and oxygen atoms in total. The van der Waals surface area contributed by atoms with E-state index in [1.807, 2.05) is 20.8 Å². The summed E-state index contributed by atoms with van der Waals surface area (Å²) in [7, 11) is 0. The first-order valence-corrected chi connectivity index (χ1v) is 5.37. The molecule has 0 radical (unpaired) electrons. The van der Waals surface area contributed by atoms with E-state index < -0.39 is 12.1 Å². The van der Waals surface area contributed by atoms with Crippen molar-refractivity contribution in [3.63, 3.8) is 0 Å². The lowest BCUT2D eigenvalue weighted by molar-refractivity contribution is -0.381. The Kier molecular flexibility index (Phi) is 7.88. The molecule has 0 aliphatic rings. The molecule has 0 aromatic heterocycles. The molecule has 1 N–H and O–H groups in total. The molecule has 16 heavy (non-hydrogen) atoms. The Morgan fingerprint density at radius 1 is 1.06 bits per heavy atom. The molecule has 0 amide bonds. The van der Waals surface area contributed by atoms with Crippen molar-refractivity contribution in [3.05, 3.63) is 0 Å². The van der Waals surface area contributed by atoms with Gasteiger partial charge < -0.3 is 24.1 Å². The van der Waals surface area contributed by atoms with Crippen LogP contribution < -0.4 is 0 Å². The molecule has 6 heteroatoms. The van der Waals surface area contributed by atoms with Gasteiger partial charge >= 0.3 is 6.16 Å². The standard InChI is InChI=1S/C10H20O6/c1-4-14-10(15-5-2,16-6-3)7-8-13-9(11)12/h4-8H2,1-3H3,(H,11,12). The third kappa shape index (κ3) is 5.89. The van der Waals surface area contributed by atoms with Crippen LogP contribution in [0.2, 0.25) is 0 Å². The Labute approximate surface area is 95.4 Å². The molecule has 0 unspecified atom stereocenters. The van der Waals surface area contributed by atoms with Gasteiger partial charge in [-0.05, 0) is 20.8 Å². The zero-order chi connectivity index (χ0) is 12.4. The van der Waals surface area contributed by atoms with Crippen LogP contribution in [0.5, 0.6) is 0 Å². The SMILES string of the molecule is CCOC(CCOC(=O)O)(OCC)OCC. The van der Waals surface area contributed by atoms with Gasteiger partial charge in [-0.2, -0.15) is 0 Å². The summed E-state index contributed by atoms with van der Waals surface area (Å²) in [5.74, 6) is -1.20. The highest BCUT2D eigenvalue weighted by Crippen LogP contribution is 2.20. The molecule has 0 fully saturated rings. The van der Waals surface area contributed by atoms with Crippen molar-refractivity contribution < 1.29 is 28.8 Å². The summed E-state index contributed by atoms with van der Waals surface area (Å²) >= 11 is 0. The molecule has 0 aromatic carbocycles. The second-order valence-corrected chi connectivity index (χ2v) is 2.85. The lowest BCUT2D eigenvalue weighted by atomic mass is 10.4. The maximum absolute atomic E-state index is 10.2. The Hall–Kier alpha value is -0.850. The lowest BCUT2D eigenvalue weighted by Crippen LogP contribution is -2.40. The average Bonchev–Trinajstić information content (AvgIpc) is 2.18. The van der Waals surface area contributed by atoms with Gasteiger partial charge in [0.25, 0.3) is 5.97 Å². The van der Waals surface area contributed by atoms with Crippen molar-refractivity contribution in [2.45, 2.75) is 33.2 Å². The molecular weight excluding hydrogens is 216 g/mol. The highest BCUT2D eigenvalue weighted by molar-refractivity contribution is 5.56. The Morgan fingerprint density at radius 2 is 1.50 bits per heavy atom. The Morgan fingerprint density at radius 3 is 1.81 bits per heavy atom. The smallest absolute Gasteiger partial charge is 0.450 e. The number of hydrogen-bond donors (Lipinski definition) is 1. The minimum absolute atomic E-state index is 0.0324. The summed E-state index contributed by atoms with van der Waals surface area (Å²) < 4.78 is 20.5. The lowest BCUT2D eigenvalue weighted by Gasteiger charge is -2.31. The van der Waals surface area contributed by atoms with Gasteiger partial charge in [-0.1, -0.05) is 0 Å². The third-order valence-corrected chi connectivity index (χ3v) is 1.73. The van der Waals surface area contributed by atoms with Crippen LogP contribution in [0.3, 0.4) is 0 Å². The second-order valence-electron chi connectivity index (χ2n) is 2.85. The third-order valence-electron chi connectivity index (χ3n) is 1.73. The van der Waals surface area contributed by atoms with Crippen molar-refractivity contribution in [2.75, 3.05) is 26.4 Å². The fraction of sp³-hybridized carbons (Fsp3) is 0.900. The number of ether oxygens (including phenoxy) is 4. The molecule has 0 rings (SSSR count). The van der Waals surface area contributed by atoms with E-state index in [0.717, 1.165) is 0 Å². The zero-order valence-corrected chi connectivity index (χ0v) is 10.0. The summed E-state index contributed by atoms with van der Waals surface area (Å²) in [6, 6.07) is 0. The first kappa shape index (κ1) is 15.2. The van der Waals surface area contributed by atoms with Gasteiger partial charge in [0.2, 0.25) is 0 Å². The number of hydrogen-bond acceptors (Lipinski definition) is 5. The number of carboxylic acid groups (broad SMARTS) is 1.